The van der Waals surface area contributed by atoms with E-state index in [0.717, 1.165) is 10.0 Å². The van der Waals surface area contributed by atoms with Crippen LogP contribution >= 0.6 is 99.7 Å². The van der Waals surface area contributed by atoms with Gasteiger partial charge in [0.25, 0.3) is 0 Å². The zero-order valence-corrected chi connectivity index (χ0v) is 21.2. The Bertz CT molecular complexity index is 751. The highest BCUT2D eigenvalue weighted by atomic mass is 127. The summed E-state index contributed by atoms with van der Waals surface area (Å²) in [6.45, 7) is 0. The molecule has 2 rings (SSSR count). The Balaban J connectivity index is 0.000000409. The monoisotopic (exact) mass is 764 g/mol. The first-order chi connectivity index (χ1) is 11.7. The standard InChI is InChI=1S/C7H3BrF3IS.C6H3BrS.CF3I/c8-5-3-13-2-4(5)6(12)1-7(9,10)11;1-2-5-3-8-4-6(5)7;2-1(3,4)5/h1-3H;1,3-4H;/b6-1+;;. The molecular weight excluding hydrogens is 760 g/mol. The Morgan fingerprint density at radius 3 is 1.73 bits per heavy atom. The molecule has 0 N–H and O–H groups in total. The Kier molecular flexibility index (Phi) is 12.6. The highest BCUT2D eigenvalue weighted by Gasteiger charge is 2.24. The third kappa shape index (κ3) is 13.8. The van der Waals surface area contributed by atoms with Crippen LogP contribution in [0.4, 0.5) is 26.3 Å². The molecule has 12 heteroatoms. The maximum absolute atomic E-state index is 11.9. The van der Waals surface area contributed by atoms with Crippen molar-refractivity contribution in [3.05, 3.63) is 47.7 Å². The number of thiophene rings is 2. The minimum atomic E-state index is -4.25. The quantitative estimate of drug-likeness (QED) is 0.118. The minimum absolute atomic E-state index is 0.193. The molecular formula is C14H6Br2F6I2S2. The summed E-state index contributed by atoms with van der Waals surface area (Å²) in [5.41, 5.74) is 1.53. The van der Waals surface area contributed by atoms with E-state index in [1.807, 2.05) is 10.8 Å². The molecule has 2 heterocycles. The highest BCUT2D eigenvalue weighted by Crippen LogP contribution is 2.35. The number of terminal acetylenes is 1. The van der Waals surface area contributed by atoms with Gasteiger partial charge >= 0.3 is 10.4 Å². The van der Waals surface area contributed by atoms with Crippen LogP contribution in [-0.2, 0) is 0 Å². The van der Waals surface area contributed by atoms with E-state index in [2.05, 4.69) is 37.8 Å². The van der Waals surface area contributed by atoms with Crippen LogP contribution in [0.5, 0.6) is 0 Å². The van der Waals surface area contributed by atoms with Crippen molar-refractivity contribution in [3.63, 3.8) is 0 Å². The topological polar surface area (TPSA) is 0 Å². The zero-order chi connectivity index (χ0) is 20.5. The summed E-state index contributed by atoms with van der Waals surface area (Å²) in [5, 5.41) is 7.32. The lowest BCUT2D eigenvalue weighted by Gasteiger charge is -2.01. The van der Waals surface area contributed by atoms with Crippen molar-refractivity contribution < 1.29 is 26.3 Å². The SMILES string of the molecule is C#Cc1cscc1Br.FC(F)(F)/C=C(/I)c1cscc1Br.FC(F)(F)I. The lowest BCUT2D eigenvalue weighted by atomic mass is 10.3. The third-order valence-corrected chi connectivity index (χ3v) is 6.23. The Labute approximate surface area is 198 Å². The summed E-state index contributed by atoms with van der Waals surface area (Å²) in [7, 11) is 0. The van der Waals surface area contributed by atoms with E-state index in [1.54, 1.807) is 44.7 Å². The second kappa shape index (κ2) is 12.3. The van der Waals surface area contributed by atoms with Crippen molar-refractivity contribution in [2.45, 2.75) is 10.4 Å². The van der Waals surface area contributed by atoms with Crippen LogP contribution in [-0.4, -0.2) is 10.4 Å². The average Bonchev–Trinajstić information content (AvgIpc) is 3.03. The van der Waals surface area contributed by atoms with Gasteiger partial charge in [0.1, 0.15) is 0 Å². The third-order valence-electron chi connectivity index (χ3n) is 1.93. The summed E-state index contributed by atoms with van der Waals surface area (Å²) < 4.78 is 64.7. The molecule has 0 bridgehead atoms. The lowest BCUT2D eigenvalue weighted by molar-refractivity contribution is -0.0791. The van der Waals surface area contributed by atoms with E-state index in [0.29, 0.717) is 38.7 Å². The molecule has 0 amide bonds. The predicted molar refractivity (Wildman–Crippen MR) is 120 cm³/mol. The molecule has 0 atom stereocenters. The largest absolute Gasteiger partial charge is 0.441 e. The summed E-state index contributed by atoms with van der Waals surface area (Å²) in [5.74, 6) is 2.54. The van der Waals surface area contributed by atoms with Crippen LogP contribution in [0.1, 0.15) is 11.1 Å². The molecule has 144 valence electrons. The molecule has 0 unspecified atom stereocenters. The molecule has 0 aliphatic carbocycles. The molecule has 26 heavy (non-hydrogen) atoms. The van der Waals surface area contributed by atoms with Crippen LogP contribution in [0.15, 0.2) is 36.5 Å². The Morgan fingerprint density at radius 2 is 1.46 bits per heavy atom. The van der Waals surface area contributed by atoms with Gasteiger partial charge in [-0.15, -0.1) is 17.8 Å². The van der Waals surface area contributed by atoms with E-state index >= 15 is 0 Å². The maximum atomic E-state index is 11.9. The molecule has 2 aromatic heterocycles. The van der Waals surface area contributed by atoms with Crippen molar-refractivity contribution in [1.29, 1.82) is 0 Å². The van der Waals surface area contributed by atoms with E-state index in [-0.39, 0.29) is 3.58 Å². The fourth-order valence-electron chi connectivity index (χ4n) is 1.06. The van der Waals surface area contributed by atoms with Crippen LogP contribution in [0.3, 0.4) is 0 Å². The van der Waals surface area contributed by atoms with Crippen LogP contribution in [0, 0.1) is 12.3 Å². The fourth-order valence-corrected chi connectivity index (χ4v) is 5.30. The van der Waals surface area contributed by atoms with Gasteiger partial charge in [0.15, 0.2) is 0 Å². The number of rotatable bonds is 1. The molecule has 0 spiro atoms. The van der Waals surface area contributed by atoms with Crippen molar-refractivity contribution in [2.24, 2.45) is 0 Å². The average molecular weight is 766 g/mol. The number of alkyl halides is 7. The van der Waals surface area contributed by atoms with Crippen LogP contribution < -0.4 is 0 Å². The van der Waals surface area contributed by atoms with Gasteiger partial charge in [0.2, 0.25) is 0 Å². The van der Waals surface area contributed by atoms with Gasteiger partial charge in [0.05, 0.1) is 0 Å². The molecule has 0 nitrogen and oxygen atoms in total. The first-order valence-corrected chi connectivity index (χ1v) is 11.5. The number of allylic oxidation sites excluding steroid dienone is 1. The predicted octanol–water partition coefficient (Wildman–Crippen LogP) is 9.28. The van der Waals surface area contributed by atoms with Gasteiger partial charge in [-0.3, -0.25) is 0 Å². The Hall–Kier alpha value is 0.700. The second-order valence-electron chi connectivity index (χ2n) is 3.87. The molecule has 0 aliphatic heterocycles. The first-order valence-electron chi connectivity index (χ1n) is 5.85. The van der Waals surface area contributed by atoms with E-state index in [9.17, 15) is 26.3 Å². The molecule has 0 aromatic carbocycles. The zero-order valence-electron chi connectivity index (χ0n) is 12.1. The van der Waals surface area contributed by atoms with Gasteiger partial charge in [0, 0.05) is 73.8 Å². The summed E-state index contributed by atoms with van der Waals surface area (Å²) in [6.07, 6.45) is 1.16. The second-order valence-corrected chi connectivity index (χ2v) is 9.45. The minimum Gasteiger partial charge on any atom is -0.167 e. The maximum Gasteiger partial charge on any atom is 0.441 e. The molecule has 0 saturated heterocycles. The van der Waals surface area contributed by atoms with Gasteiger partial charge in [-0.1, -0.05) is 5.92 Å². The summed E-state index contributed by atoms with van der Waals surface area (Å²) >= 11 is 11.5. The fraction of sp³-hybridized carbons (Fsp3) is 0.143. The van der Waals surface area contributed by atoms with Crippen molar-refractivity contribution >= 4 is 103 Å². The summed E-state index contributed by atoms with van der Waals surface area (Å²) in [6, 6.07) is 0. The van der Waals surface area contributed by atoms with E-state index in [1.165, 1.54) is 11.3 Å². The highest BCUT2D eigenvalue weighted by molar-refractivity contribution is 14.1. The van der Waals surface area contributed by atoms with Gasteiger partial charge in [-0.25, -0.2) is 0 Å². The van der Waals surface area contributed by atoms with Gasteiger partial charge in [-0.2, -0.15) is 37.7 Å². The van der Waals surface area contributed by atoms with Gasteiger partial charge in [-0.05, 0) is 54.5 Å². The van der Waals surface area contributed by atoms with E-state index in [4.69, 9.17) is 6.42 Å². The molecule has 0 radical (unpaired) electrons. The van der Waals surface area contributed by atoms with Crippen LogP contribution in [0.25, 0.3) is 3.58 Å². The van der Waals surface area contributed by atoms with Gasteiger partial charge < -0.3 is 0 Å². The number of hydrogen-bond donors (Lipinski definition) is 0. The first kappa shape index (κ1) is 26.7. The van der Waals surface area contributed by atoms with Crippen molar-refractivity contribution in [2.75, 3.05) is 0 Å². The Morgan fingerprint density at radius 1 is 1.00 bits per heavy atom. The molecule has 0 aliphatic rings. The van der Waals surface area contributed by atoms with Crippen molar-refractivity contribution in [1.82, 2.24) is 0 Å². The van der Waals surface area contributed by atoms with E-state index < -0.39 is 10.4 Å². The smallest absolute Gasteiger partial charge is 0.167 e. The number of hydrogen-bond acceptors (Lipinski definition) is 2. The molecule has 0 saturated carbocycles. The molecule has 0 fully saturated rings. The summed E-state index contributed by atoms with van der Waals surface area (Å²) in [4.78, 5) is 0. The lowest BCUT2D eigenvalue weighted by Crippen LogP contribution is -2.01. The van der Waals surface area contributed by atoms with Crippen molar-refractivity contribution in [3.8, 4) is 12.3 Å². The van der Waals surface area contributed by atoms with Crippen LogP contribution in [0.2, 0.25) is 0 Å². The number of halogens is 10. The molecule has 2 aromatic rings. The normalized spacial score (nSPS) is 11.7.